The lowest BCUT2D eigenvalue weighted by atomic mass is 9.99. The Morgan fingerprint density at radius 3 is 3.06 bits per heavy atom. The van der Waals surface area contributed by atoms with Crippen LogP contribution in [0.15, 0.2) is 12.3 Å². The summed E-state index contributed by atoms with van der Waals surface area (Å²) in [7, 11) is 2.02. The molecule has 0 amide bonds. The van der Waals surface area contributed by atoms with Gasteiger partial charge < -0.3 is 0 Å². The SMILES string of the molecule is Cn1nccc1CCN1CCCCC1CCCl. The Morgan fingerprint density at radius 2 is 2.35 bits per heavy atom. The predicted molar refractivity (Wildman–Crippen MR) is 71.5 cm³/mol. The summed E-state index contributed by atoms with van der Waals surface area (Å²) >= 11 is 5.88. The van der Waals surface area contributed by atoms with Crippen LogP contribution in [0.1, 0.15) is 31.4 Å². The lowest BCUT2D eigenvalue weighted by molar-refractivity contribution is 0.146. The molecular formula is C13H22ClN3. The highest BCUT2D eigenvalue weighted by Gasteiger charge is 2.21. The highest BCUT2D eigenvalue weighted by molar-refractivity contribution is 6.17. The highest BCUT2D eigenvalue weighted by atomic mass is 35.5. The minimum absolute atomic E-state index is 0.703. The van der Waals surface area contributed by atoms with Crippen LogP contribution in [0.3, 0.4) is 0 Å². The smallest absolute Gasteiger partial charge is 0.0492 e. The molecule has 17 heavy (non-hydrogen) atoms. The molecule has 2 rings (SSSR count). The molecule has 1 atom stereocenters. The van der Waals surface area contributed by atoms with Gasteiger partial charge in [0.15, 0.2) is 0 Å². The van der Waals surface area contributed by atoms with E-state index in [1.165, 1.54) is 31.5 Å². The second-order valence-corrected chi connectivity index (χ2v) is 5.24. The molecule has 0 aliphatic carbocycles. The van der Waals surface area contributed by atoms with Crippen molar-refractivity contribution >= 4 is 11.6 Å². The molecular weight excluding hydrogens is 234 g/mol. The van der Waals surface area contributed by atoms with E-state index in [0.717, 1.165) is 25.3 Å². The largest absolute Gasteiger partial charge is 0.300 e. The summed E-state index contributed by atoms with van der Waals surface area (Å²) in [5, 5.41) is 4.21. The van der Waals surface area contributed by atoms with Crippen LogP contribution in [0.4, 0.5) is 0 Å². The summed E-state index contributed by atoms with van der Waals surface area (Å²) in [6.45, 7) is 2.38. The zero-order valence-electron chi connectivity index (χ0n) is 10.6. The van der Waals surface area contributed by atoms with Crippen molar-refractivity contribution in [3.05, 3.63) is 18.0 Å². The van der Waals surface area contributed by atoms with Crippen LogP contribution in [-0.4, -0.2) is 39.7 Å². The molecule has 4 heteroatoms. The standard InChI is InChI=1S/C13H22ClN3/c1-16-12(6-9-15-16)7-11-17-10-3-2-4-13(17)5-8-14/h6,9,13H,2-5,7-8,10-11H2,1H3. The average Bonchev–Trinajstić information content (AvgIpc) is 2.74. The molecule has 1 aromatic heterocycles. The first-order valence-corrected chi connectivity index (χ1v) is 7.11. The van der Waals surface area contributed by atoms with Gasteiger partial charge in [-0.2, -0.15) is 5.10 Å². The summed E-state index contributed by atoms with van der Waals surface area (Å²) < 4.78 is 1.97. The van der Waals surface area contributed by atoms with Gasteiger partial charge in [0.2, 0.25) is 0 Å². The fourth-order valence-electron chi connectivity index (χ4n) is 2.71. The molecule has 1 aromatic rings. The minimum Gasteiger partial charge on any atom is -0.300 e. The summed E-state index contributed by atoms with van der Waals surface area (Å²) in [6, 6.07) is 2.81. The molecule has 0 aromatic carbocycles. The van der Waals surface area contributed by atoms with Crippen molar-refractivity contribution < 1.29 is 0 Å². The van der Waals surface area contributed by atoms with E-state index in [4.69, 9.17) is 11.6 Å². The van der Waals surface area contributed by atoms with Crippen molar-refractivity contribution in [2.75, 3.05) is 19.0 Å². The van der Waals surface area contributed by atoms with Gasteiger partial charge >= 0.3 is 0 Å². The Hall–Kier alpha value is -0.540. The average molecular weight is 256 g/mol. The van der Waals surface area contributed by atoms with Gasteiger partial charge in [-0.05, 0) is 31.9 Å². The lowest BCUT2D eigenvalue weighted by Gasteiger charge is -2.35. The normalized spacial score (nSPS) is 21.9. The quantitative estimate of drug-likeness (QED) is 0.754. The molecule has 1 aliphatic heterocycles. The van der Waals surface area contributed by atoms with Crippen LogP contribution >= 0.6 is 11.6 Å². The van der Waals surface area contributed by atoms with E-state index >= 15 is 0 Å². The molecule has 1 fully saturated rings. The van der Waals surface area contributed by atoms with E-state index in [1.54, 1.807) is 0 Å². The highest BCUT2D eigenvalue weighted by Crippen LogP contribution is 2.20. The van der Waals surface area contributed by atoms with Gasteiger partial charge in [0.1, 0.15) is 0 Å². The topological polar surface area (TPSA) is 21.1 Å². The Labute approximate surface area is 109 Å². The summed E-state index contributed by atoms with van der Waals surface area (Å²) in [6.07, 6.45) is 8.12. The number of aromatic nitrogens is 2. The van der Waals surface area contributed by atoms with E-state index in [-0.39, 0.29) is 0 Å². The van der Waals surface area contributed by atoms with Crippen LogP contribution in [0.25, 0.3) is 0 Å². The zero-order valence-corrected chi connectivity index (χ0v) is 11.4. The molecule has 3 nitrogen and oxygen atoms in total. The molecule has 0 radical (unpaired) electrons. The minimum atomic E-state index is 0.703. The molecule has 96 valence electrons. The maximum absolute atomic E-state index is 5.88. The molecule has 0 N–H and O–H groups in total. The molecule has 0 saturated carbocycles. The first kappa shape index (κ1) is 12.9. The second-order valence-electron chi connectivity index (χ2n) is 4.86. The van der Waals surface area contributed by atoms with Crippen molar-refractivity contribution in [1.29, 1.82) is 0 Å². The van der Waals surface area contributed by atoms with E-state index < -0.39 is 0 Å². The van der Waals surface area contributed by atoms with Crippen molar-refractivity contribution in [3.8, 4) is 0 Å². The number of piperidine rings is 1. The third-order valence-electron chi connectivity index (χ3n) is 3.77. The van der Waals surface area contributed by atoms with Crippen molar-refractivity contribution in [2.24, 2.45) is 7.05 Å². The van der Waals surface area contributed by atoms with Crippen molar-refractivity contribution in [3.63, 3.8) is 0 Å². The number of hydrogen-bond acceptors (Lipinski definition) is 2. The summed E-state index contributed by atoms with van der Waals surface area (Å²) in [4.78, 5) is 2.61. The molecule has 2 heterocycles. The van der Waals surface area contributed by atoms with Crippen LogP contribution < -0.4 is 0 Å². The first-order chi connectivity index (χ1) is 8.31. The fraction of sp³-hybridized carbons (Fsp3) is 0.769. The summed E-state index contributed by atoms with van der Waals surface area (Å²) in [5.74, 6) is 0.785. The zero-order chi connectivity index (χ0) is 12.1. The van der Waals surface area contributed by atoms with Gasteiger partial charge in [-0.1, -0.05) is 6.42 Å². The molecule has 1 aliphatic rings. The molecule has 0 bridgehead atoms. The Kier molecular flexibility index (Phi) is 4.86. The third-order valence-corrected chi connectivity index (χ3v) is 3.99. The Morgan fingerprint density at radius 1 is 1.47 bits per heavy atom. The monoisotopic (exact) mass is 255 g/mol. The van der Waals surface area contributed by atoms with E-state index in [2.05, 4.69) is 16.1 Å². The maximum Gasteiger partial charge on any atom is 0.0492 e. The molecule has 1 saturated heterocycles. The molecule has 0 spiro atoms. The second kappa shape index (κ2) is 6.41. The number of alkyl halides is 1. The third kappa shape index (κ3) is 3.46. The number of nitrogens with zero attached hydrogens (tertiary/aromatic N) is 3. The lowest BCUT2D eigenvalue weighted by Crippen LogP contribution is -2.41. The van der Waals surface area contributed by atoms with Crippen molar-refractivity contribution in [1.82, 2.24) is 14.7 Å². The van der Waals surface area contributed by atoms with Gasteiger partial charge in [0, 0.05) is 43.8 Å². The van der Waals surface area contributed by atoms with E-state index in [9.17, 15) is 0 Å². The predicted octanol–water partition coefficient (Wildman–Crippen LogP) is 2.45. The van der Waals surface area contributed by atoms with Gasteiger partial charge in [-0.15, -0.1) is 11.6 Å². The first-order valence-electron chi connectivity index (χ1n) is 6.58. The Balaban J connectivity index is 1.86. The maximum atomic E-state index is 5.88. The number of hydrogen-bond donors (Lipinski definition) is 0. The molecule has 1 unspecified atom stereocenters. The van der Waals surface area contributed by atoms with Gasteiger partial charge in [-0.25, -0.2) is 0 Å². The number of aryl methyl sites for hydroxylation is 1. The summed E-state index contributed by atoms with van der Waals surface area (Å²) in [5.41, 5.74) is 1.32. The van der Waals surface area contributed by atoms with Gasteiger partial charge in [0.25, 0.3) is 0 Å². The number of likely N-dealkylation sites (tertiary alicyclic amines) is 1. The van der Waals surface area contributed by atoms with E-state index in [1.807, 2.05) is 17.9 Å². The Bertz CT molecular complexity index is 335. The van der Waals surface area contributed by atoms with Gasteiger partial charge in [-0.3, -0.25) is 9.58 Å². The van der Waals surface area contributed by atoms with Crippen LogP contribution in [0, 0.1) is 0 Å². The number of halogens is 1. The van der Waals surface area contributed by atoms with Crippen LogP contribution in [0.2, 0.25) is 0 Å². The van der Waals surface area contributed by atoms with E-state index in [0.29, 0.717) is 6.04 Å². The number of rotatable bonds is 5. The van der Waals surface area contributed by atoms with Crippen LogP contribution in [0.5, 0.6) is 0 Å². The van der Waals surface area contributed by atoms with Crippen LogP contribution in [-0.2, 0) is 13.5 Å². The fourth-order valence-corrected chi connectivity index (χ4v) is 2.96. The van der Waals surface area contributed by atoms with Crippen molar-refractivity contribution in [2.45, 2.75) is 38.1 Å². The van der Waals surface area contributed by atoms with Gasteiger partial charge in [0.05, 0.1) is 0 Å².